The fourth-order valence-corrected chi connectivity index (χ4v) is 5.51. The molecule has 2 nitrogen and oxygen atoms in total. The second-order valence-electron chi connectivity index (χ2n) is 6.47. The molecule has 0 amide bonds. The number of halogens is 3. The molecule has 3 aliphatic carbocycles. The summed E-state index contributed by atoms with van der Waals surface area (Å²) >= 11 is 9.27. The molecule has 0 spiro atoms. The number of hydrazine groups is 1. The van der Waals surface area contributed by atoms with Crippen LogP contribution in [0.4, 0.5) is 4.39 Å². The largest absolute Gasteiger partial charge is 0.271 e. The highest BCUT2D eigenvalue weighted by atomic mass is 79.9. The van der Waals surface area contributed by atoms with E-state index < -0.39 is 0 Å². The molecule has 1 aromatic carbocycles. The summed E-state index contributed by atoms with van der Waals surface area (Å²) in [5.41, 5.74) is 3.46. The smallest absolute Gasteiger partial charge is 0.147 e. The Morgan fingerprint density at radius 3 is 2.55 bits per heavy atom. The molecule has 3 N–H and O–H groups in total. The lowest BCUT2D eigenvalue weighted by molar-refractivity contribution is 0.365. The lowest BCUT2D eigenvalue weighted by Crippen LogP contribution is -2.32. The maximum atomic E-state index is 14.4. The van der Waals surface area contributed by atoms with Gasteiger partial charge in [-0.05, 0) is 70.8 Å². The van der Waals surface area contributed by atoms with Gasteiger partial charge in [-0.1, -0.05) is 17.7 Å². The first-order valence-corrected chi connectivity index (χ1v) is 8.40. The Bertz CT molecular complexity index is 551. The van der Waals surface area contributed by atoms with Crippen molar-refractivity contribution in [3.05, 3.63) is 33.0 Å². The van der Waals surface area contributed by atoms with Gasteiger partial charge in [-0.15, -0.1) is 0 Å². The van der Waals surface area contributed by atoms with Crippen LogP contribution in [0.1, 0.15) is 30.9 Å². The first kappa shape index (κ1) is 13.5. The van der Waals surface area contributed by atoms with Crippen molar-refractivity contribution < 1.29 is 4.39 Å². The minimum Gasteiger partial charge on any atom is -0.271 e. The fourth-order valence-electron chi connectivity index (χ4n) is 5.03. The molecule has 0 saturated heterocycles. The van der Waals surface area contributed by atoms with Gasteiger partial charge in [0.2, 0.25) is 0 Å². The molecule has 5 unspecified atom stereocenters. The quantitative estimate of drug-likeness (QED) is 0.485. The number of hydrogen-bond acceptors (Lipinski definition) is 2. The number of nitrogens with one attached hydrogen (secondary N) is 1. The van der Waals surface area contributed by atoms with Crippen LogP contribution in [0.25, 0.3) is 0 Å². The van der Waals surface area contributed by atoms with Crippen molar-refractivity contribution in [2.24, 2.45) is 35.4 Å². The van der Waals surface area contributed by atoms with Gasteiger partial charge in [0, 0.05) is 10.0 Å². The average molecular weight is 360 g/mol. The Morgan fingerprint density at radius 1 is 1.30 bits per heavy atom. The molecule has 20 heavy (non-hydrogen) atoms. The summed E-state index contributed by atoms with van der Waals surface area (Å²) in [4.78, 5) is 0. The summed E-state index contributed by atoms with van der Waals surface area (Å²) in [6.07, 6.45) is 4.08. The van der Waals surface area contributed by atoms with E-state index in [1.165, 1.54) is 19.3 Å². The number of fused-ring (bicyclic) bond motifs is 5. The van der Waals surface area contributed by atoms with Gasteiger partial charge in [0.1, 0.15) is 5.82 Å². The van der Waals surface area contributed by atoms with Crippen LogP contribution in [-0.4, -0.2) is 0 Å². The van der Waals surface area contributed by atoms with Gasteiger partial charge in [-0.3, -0.25) is 11.3 Å². The maximum absolute atomic E-state index is 14.4. The molecule has 0 aromatic heterocycles. The number of nitrogens with two attached hydrogens (primary N) is 1. The number of hydrogen-bond donors (Lipinski definition) is 2. The molecule has 5 atom stereocenters. The third kappa shape index (κ3) is 1.75. The van der Waals surface area contributed by atoms with Crippen LogP contribution in [0.3, 0.4) is 0 Å². The minimum atomic E-state index is -0.346. The van der Waals surface area contributed by atoms with Crippen molar-refractivity contribution in [3.63, 3.8) is 0 Å². The lowest BCUT2D eigenvalue weighted by Gasteiger charge is -2.21. The topological polar surface area (TPSA) is 38.0 Å². The Kier molecular flexibility index (Phi) is 3.15. The molecule has 0 aliphatic heterocycles. The molecule has 0 heterocycles. The SMILES string of the molecule is NNC(c1ccc(Br)c(Cl)c1F)C1C2C3CCC(C3)C21. The maximum Gasteiger partial charge on any atom is 0.147 e. The second-order valence-corrected chi connectivity index (χ2v) is 7.71. The molecule has 0 radical (unpaired) electrons. The summed E-state index contributed by atoms with van der Waals surface area (Å²) in [7, 11) is 0. The van der Waals surface area contributed by atoms with E-state index in [9.17, 15) is 4.39 Å². The fraction of sp³-hybridized carbons (Fsp3) is 0.600. The van der Waals surface area contributed by atoms with Crippen molar-refractivity contribution in [1.29, 1.82) is 0 Å². The predicted octanol–water partition coefficient (Wildman–Crippen LogP) is 4.04. The highest BCUT2D eigenvalue weighted by molar-refractivity contribution is 9.10. The Morgan fingerprint density at radius 2 is 1.95 bits per heavy atom. The Hall–Kier alpha value is -0.160. The number of benzene rings is 1. The molecular weight excluding hydrogens is 343 g/mol. The van der Waals surface area contributed by atoms with Gasteiger partial charge < -0.3 is 0 Å². The highest BCUT2D eigenvalue weighted by Gasteiger charge is 2.66. The number of rotatable bonds is 3. The van der Waals surface area contributed by atoms with Crippen LogP contribution < -0.4 is 11.3 Å². The molecule has 1 aromatic rings. The average Bonchev–Trinajstić information content (AvgIpc) is 2.86. The zero-order valence-corrected chi connectivity index (χ0v) is 13.3. The van der Waals surface area contributed by atoms with Crippen molar-refractivity contribution in [1.82, 2.24) is 5.43 Å². The third-order valence-electron chi connectivity index (χ3n) is 5.76. The molecule has 4 rings (SSSR count). The predicted molar refractivity (Wildman–Crippen MR) is 80.5 cm³/mol. The summed E-state index contributed by atoms with van der Waals surface area (Å²) in [6, 6.07) is 3.49. The van der Waals surface area contributed by atoms with Crippen LogP contribution in [0.2, 0.25) is 5.02 Å². The van der Waals surface area contributed by atoms with Crippen molar-refractivity contribution in [3.8, 4) is 0 Å². The van der Waals surface area contributed by atoms with Gasteiger partial charge in [0.25, 0.3) is 0 Å². The van der Waals surface area contributed by atoms with Crippen LogP contribution in [-0.2, 0) is 0 Å². The second kappa shape index (κ2) is 4.67. The van der Waals surface area contributed by atoms with Gasteiger partial charge in [-0.25, -0.2) is 4.39 Å². The summed E-state index contributed by atoms with van der Waals surface area (Å²) in [5, 5.41) is 0.150. The Balaban J connectivity index is 1.66. The molecule has 3 aliphatic rings. The van der Waals surface area contributed by atoms with Crippen molar-refractivity contribution >= 4 is 27.5 Å². The van der Waals surface area contributed by atoms with E-state index in [-0.39, 0.29) is 16.9 Å². The molecule has 3 saturated carbocycles. The molecular formula is C15H17BrClFN2. The zero-order valence-electron chi connectivity index (χ0n) is 11.0. The first-order valence-electron chi connectivity index (χ1n) is 7.23. The Labute approximate surface area is 131 Å². The third-order valence-corrected chi connectivity index (χ3v) is 7.02. The van der Waals surface area contributed by atoms with E-state index in [4.69, 9.17) is 17.4 Å². The van der Waals surface area contributed by atoms with Gasteiger partial charge in [-0.2, -0.15) is 0 Å². The normalized spacial score (nSPS) is 38.9. The zero-order chi connectivity index (χ0) is 14.0. The monoisotopic (exact) mass is 358 g/mol. The van der Waals surface area contributed by atoms with Gasteiger partial charge in [0.05, 0.1) is 11.1 Å². The summed E-state index contributed by atoms with van der Waals surface area (Å²) in [6.45, 7) is 0. The van der Waals surface area contributed by atoms with E-state index in [0.29, 0.717) is 16.0 Å². The van der Waals surface area contributed by atoms with E-state index in [2.05, 4.69) is 21.4 Å². The summed E-state index contributed by atoms with van der Waals surface area (Å²) in [5.74, 6) is 9.07. The van der Waals surface area contributed by atoms with E-state index in [1.807, 2.05) is 0 Å². The van der Waals surface area contributed by atoms with E-state index in [0.717, 1.165) is 23.7 Å². The minimum absolute atomic E-state index is 0.112. The van der Waals surface area contributed by atoms with Crippen LogP contribution >= 0.6 is 27.5 Å². The van der Waals surface area contributed by atoms with Crippen LogP contribution in [0.5, 0.6) is 0 Å². The first-order chi connectivity index (χ1) is 9.63. The van der Waals surface area contributed by atoms with Crippen molar-refractivity contribution in [2.45, 2.75) is 25.3 Å². The van der Waals surface area contributed by atoms with Crippen LogP contribution in [0.15, 0.2) is 16.6 Å². The molecule has 5 heteroatoms. The molecule has 108 valence electrons. The summed E-state index contributed by atoms with van der Waals surface area (Å²) < 4.78 is 15.0. The standard InChI is InChI=1S/C15H17BrClFN2/c16-9-4-3-8(14(18)13(9)17)15(20-19)12-10-6-1-2-7(5-6)11(10)12/h3-4,6-7,10-12,15,20H,1-2,5,19H2. The van der Waals surface area contributed by atoms with Crippen molar-refractivity contribution in [2.75, 3.05) is 0 Å². The highest BCUT2D eigenvalue weighted by Crippen LogP contribution is 2.72. The molecule has 3 fully saturated rings. The van der Waals surface area contributed by atoms with Gasteiger partial charge >= 0.3 is 0 Å². The van der Waals surface area contributed by atoms with Crippen LogP contribution in [0, 0.1) is 35.4 Å². The molecule has 2 bridgehead atoms. The van der Waals surface area contributed by atoms with E-state index >= 15 is 0 Å². The van der Waals surface area contributed by atoms with Gasteiger partial charge in [0.15, 0.2) is 0 Å². The lowest BCUT2D eigenvalue weighted by atomic mass is 9.93. The van der Waals surface area contributed by atoms with E-state index in [1.54, 1.807) is 12.1 Å².